The van der Waals surface area contributed by atoms with Gasteiger partial charge < -0.3 is 34.1 Å². The summed E-state index contributed by atoms with van der Waals surface area (Å²) in [5, 5.41) is 14.8. The average Bonchev–Trinajstić information content (AvgIpc) is 3.30. The Morgan fingerprint density at radius 1 is 0.875 bits per heavy atom. The number of carbonyl (C=O) groups excluding carboxylic acids is 1. The first-order valence-electron chi connectivity index (χ1n) is 16.5. The van der Waals surface area contributed by atoms with Crippen molar-refractivity contribution in [2.45, 2.75) is 77.7 Å². The van der Waals surface area contributed by atoms with Gasteiger partial charge in [0.25, 0.3) is 0 Å². The number of aryl methyl sites for hydroxylation is 1. The number of imidazole rings is 1. The van der Waals surface area contributed by atoms with Crippen molar-refractivity contribution in [3.8, 4) is 11.3 Å². The van der Waals surface area contributed by atoms with Crippen LogP contribution in [0.4, 0.5) is 4.79 Å². The first kappa shape index (κ1) is 34.8. The summed E-state index contributed by atoms with van der Waals surface area (Å²) in [7, 11) is 2.19. The van der Waals surface area contributed by atoms with Gasteiger partial charge in [0.05, 0.1) is 11.8 Å². The topological polar surface area (TPSA) is 134 Å². The molecule has 6 rings (SSSR count). The molecule has 1 amide bonds. The zero-order valence-electron chi connectivity index (χ0n) is 28.4. The summed E-state index contributed by atoms with van der Waals surface area (Å²) < 4.78 is 14.8. The molecule has 0 aliphatic carbocycles. The minimum atomic E-state index is -1.82. The summed E-state index contributed by atoms with van der Waals surface area (Å²) in [5.74, 6) is -2.63. The number of nitrogens with zero attached hydrogens (tertiary/aromatic N) is 4. The Hall–Kier alpha value is -4.48. The molecule has 1 fully saturated rings. The lowest BCUT2D eigenvalue weighted by atomic mass is 9.97. The average molecular weight is 659 g/mol. The first-order valence-corrected chi connectivity index (χ1v) is 16.5. The van der Waals surface area contributed by atoms with E-state index in [-0.39, 0.29) is 18.3 Å². The Labute approximate surface area is 281 Å². The number of hydrogen-bond acceptors (Lipinski definition) is 7. The number of carboxylic acid groups (broad SMARTS) is 2. The number of benzene rings is 2. The zero-order valence-corrected chi connectivity index (χ0v) is 28.4. The van der Waals surface area contributed by atoms with Crippen molar-refractivity contribution in [1.29, 1.82) is 0 Å². The SMILES string of the molecule is Cc1c(-c2ccc(C3=CCN(C(=O)OC(C)(C)C)CC3)cc2)nc2n1CCc1ccccc1C2OC1CCN(C)CC1.O=C(O)C(=O)O. The van der Waals surface area contributed by atoms with Gasteiger partial charge in [0, 0.05) is 44.0 Å². The molecule has 0 saturated carbocycles. The van der Waals surface area contributed by atoms with E-state index in [1.807, 2.05) is 20.8 Å². The highest BCUT2D eigenvalue weighted by atomic mass is 16.6. The molecule has 256 valence electrons. The van der Waals surface area contributed by atoms with Crippen LogP contribution in [0.25, 0.3) is 16.8 Å². The maximum Gasteiger partial charge on any atom is 0.414 e. The molecule has 4 heterocycles. The van der Waals surface area contributed by atoms with Gasteiger partial charge in [0.15, 0.2) is 0 Å². The van der Waals surface area contributed by atoms with Crippen LogP contribution in [-0.4, -0.2) is 92.5 Å². The van der Waals surface area contributed by atoms with Gasteiger partial charge in [0.1, 0.15) is 17.5 Å². The predicted octanol–water partition coefficient (Wildman–Crippen LogP) is 5.79. The summed E-state index contributed by atoms with van der Waals surface area (Å²) in [4.78, 5) is 40.1. The third kappa shape index (κ3) is 8.32. The fourth-order valence-electron chi connectivity index (χ4n) is 6.41. The monoisotopic (exact) mass is 658 g/mol. The molecule has 0 bridgehead atoms. The van der Waals surface area contributed by atoms with E-state index >= 15 is 0 Å². The van der Waals surface area contributed by atoms with Crippen LogP contribution in [0, 0.1) is 6.92 Å². The molecular formula is C37H46N4O7. The smallest absolute Gasteiger partial charge is 0.414 e. The highest BCUT2D eigenvalue weighted by molar-refractivity contribution is 6.27. The highest BCUT2D eigenvalue weighted by Gasteiger charge is 2.32. The molecule has 1 atom stereocenters. The number of rotatable bonds is 4. The molecule has 3 aliphatic heterocycles. The summed E-state index contributed by atoms with van der Waals surface area (Å²) in [6.07, 6.45) is 5.86. The van der Waals surface area contributed by atoms with Gasteiger partial charge in [-0.15, -0.1) is 0 Å². The summed E-state index contributed by atoms with van der Waals surface area (Å²) in [5.41, 5.74) is 7.93. The molecule has 1 saturated heterocycles. The fourth-order valence-corrected chi connectivity index (χ4v) is 6.41. The minimum Gasteiger partial charge on any atom is -0.473 e. The van der Waals surface area contributed by atoms with Crippen LogP contribution in [0.1, 0.15) is 74.3 Å². The predicted molar refractivity (Wildman–Crippen MR) is 182 cm³/mol. The van der Waals surface area contributed by atoms with Gasteiger partial charge in [-0.25, -0.2) is 19.4 Å². The van der Waals surface area contributed by atoms with E-state index in [4.69, 9.17) is 34.3 Å². The molecule has 2 aromatic carbocycles. The second-order valence-electron chi connectivity index (χ2n) is 13.6. The number of piperidine rings is 1. The minimum absolute atomic E-state index is 0.163. The molecule has 0 radical (unpaired) electrons. The van der Waals surface area contributed by atoms with E-state index in [0.717, 1.165) is 62.4 Å². The maximum absolute atomic E-state index is 12.5. The largest absolute Gasteiger partial charge is 0.473 e. The fraction of sp³-hybridized carbons (Fsp3) is 0.459. The Kier molecular flexibility index (Phi) is 10.7. The molecule has 48 heavy (non-hydrogen) atoms. The van der Waals surface area contributed by atoms with Crippen LogP contribution in [0.5, 0.6) is 0 Å². The van der Waals surface area contributed by atoms with Gasteiger partial charge in [-0.3, -0.25) is 0 Å². The zero-order chi connectivity index (χ0) is 34.6. The van der Waals surface area contributed by atoms with Crippen LogP contribution in [0.3, 0.4) is 0 Å². The number of ether oxygens (including phenoxy) is 2. The second kappa shape index (κ2) is 14.7. The highest BCUT2D eigenvalue weighted by Crippen LogP contribution is 2.38. The van der Waals surface area contributed by atoms with Crippen LogP contribution >= 0.6 is 0 Å². The van der Waals surface area contributed by atoms with Crippen molar-refractivity contribution in [1.82, 2.24) is 19.4 Å². The lowest BCUT2D eigenvalue weighted by molar-refractivity contribution is -0.159. The maximum atomic E-state index is 12.5. The third-order valence-electron chi connectivity index (χ3n) is 8.99. The van der Waals surface area contributed by atoms with Gasteiger partial charge in [0.2, 0.25) is 0 Å². The molecule has 3 aromatic rings. The van der Waals surface area contributed by atoms with E-state index < -0.39 is 17.5 Å². The number of aliphatic carboxylic acids is 2. The van der Waals surface area contributed by atoms with Crippen LogP contribution in [0.15, 0.2) is 54.6 Å². The van der Waals surface area contributed by atoms with E-state index in [2.05, 4.69) is 78.0 Å². The Morgan fingerprint density at radius 2 is 1.52 bits per heavy atom. The Bertz CT molecular complexity index is 1650. The third-order valence-corrected chi connectivity index (χ3v) is 8.99. The van der Waals surface area contributed by atoms with Gasteiger partial charge >= 0.3 is 18.0 Å². The molecule has 11 nitrogen and oxygen atoms in total. The molecule has 0 spiro atoms. The molecule has 1 unspecified atom stereocenters. The van der Waals surface area contributed by atoms with Gasteiger partial charge in [-0.2, -0.15) is 0 Å². The number of fused-ring (bicyclic) bond motifs is 2. The van der Waals surface area contributed by atoms with E-state index in [1.165, 1.54) is 28.0 Å². The quantitative estimate of drug-likeness (QED) is 0.334. The molecular weight excluding hydrogens is 612 g/mol. The Balaban J connectivity index is 0.000000689. The number of hydrogen-bond donors (Lipinski definition) is 2. The van der Waals surface area contributed by atoms with Crippen molar-refractivity contribution < 1.29 is 34.1 Å². The number of amides is 1. The van der Waals surface area contributed by atoms with E-state index in [1.54, 1.807) is 4.90 Å². The Morgan fingerprint density at radius 3 is 2.12 bits per heavy atom. The van der Waals surface area contributed by atoms with Crippen molar-refractivity contribution in [2.75, 3.05) is 33.2 Å². The molecule has 2 N–H and O–H groups in total. The van der Waals surface area contributed by atoms with Gasteiger partial charge in [-0.05, 0) is 82.7 Å². The number of carboxylic acids is 2. The normalized spacial score (nSPS) is 18.4. The van der Waals surface area contributed by atoms with Crippen LogP contribution < -0.4 is 0 Å². The lowest BCUT2D eigenvalue weighted by Gasteiger charge is -2.32. The van der Waals surface area contributed by atoms with Crippen molar-refractivity contribution >= 4 is 23.6 Å². The van der Waals surface area contributed by atoms with Crippen molar-refractivity contribution in [3.63, 3.8) is 0 Å². The van der Waals surface area contributed by atoms with Crippen LogP contribution in [-0.2, 0) is 32.0 Å². The molecule has 1 aromatic heterocycles. The van der Waals surface area contributed by atoms with Crippen LogP contribution in [0.2, 0.25) is 0 Å². The summed E-state index contributed by atoms with van der Waals surface area (Å²) in [6, 6.07) is 17.5. The van der Waals surface area contributed by atoms with Gasteiger partial charge in [-0.1, -0.05) is 54.6 Å². The number of carbonyl (C=O) groups is 3. The summed E-state index contributed by atoms with van der Waals surface area (Å²) in [6.45, 7) is 12.2. The summed E-state index contributed by atoms with van der Waals surface area (Å²) >= 11 is 0. The number of aromatic nitrogens is 2. The van der Waals surface area contributed by atoms with Crippen molar-refractivity contribution in [3.05, 3.63) is 82.8 Å². The van der Waals surface area contributed by atoms with Crippen molar-refractivity contribution in [2.24, 2.45) is 0 Å². The van der Waals surface area contributed by atoms with E-state index in [9.17, 15) is 4.79 Å². The molecule has 3 aliphatic rings. The van der Waals surface area contributed by atoms with E-state index in [0.29, 0.717) is 13.1 Å². The number of likely N-dealkylation sites (tertiary alicyclic amines) is 1. The lowest BCUT2D eigenvalue weighted by Crippen LogP contribution is -2.39. The first-order chi connectivity index (χ1) is 22.8. The second-order valence-corrected chi connectivity index (χ2v) is 13.6. The standard InChI is InChI=1S/C35H44N4O3.C2H2O4/c1-24-31(28-12-10-25(11-13-28)26-14-21-38(22-15-26)34(40)42-35(2,3)4)36-33-32(41-29-17-19-37(5)20-18-29)30-9-7-6-8-27(30)16-23-39(24)33;3-1(4)2(5)6/h6-14,29,32H,15-23H2,1-5H3;(H,3,4)(H,5,6). The molecule has 11 heteroatoms.